The van der Waals surface area contributed by atoms with E-state index >= 15 is 0 Å². The highest BCUT2D eigenvalue weighted by molar-refractivity contribution is 5.85. The summed E-state index contributed by atoms with van der Waals surface area (Å²) in [6.07, 6.45) is 3.54. The Balaban J connectivity index is 0.00000147. The van der Waals surface area contributed by atoms with Crippen LogP contribution in [0.3, 0.4) is 0 Å². The largest absolute Gasteiger partial charge is 0.491 e. The number of halogens is 1. The fourth-order valence-corrected chi connectivity index (χ4v) is 2.99. The number of benzene rings is 1. The van der Waals surface area contributed by atoms with Crippen molar-refractivity contribution in [2.75, 3.05) is 6.61 Å². The molecule has 0 spiro atoms. The average molecular weight is 297 g/mol. The van der Waals surface area contributed by atoms with E-state index in [2.05, 4.69) is 11.4 Å². The molecule has 1 heterocycles. The molecule has 1 aromatic carbocycles. The lowest BCUT2D eigenvalue weighted by Gasteiger charge is -2.27. The minimum absolute atomic E-state index is 0. The lowest BCUT2D eigenvalue weighted by Crippen LogP contribution is -2.45. The van der Waals surface area contributed by atoms with Gasteiger partial charge in [-0.2, -0.15) is 0 Å². The summed E-state index contributed by atoms with van der Waals surface area (Å²) in [6.45, 7) is 0.557. The van der Waals surface area contributed by atoms with E-state index < -0.39 is 0 Å². The first-order valence-corrected chi connectivity index (χ1v) is 6.99. The predicted molar refractivity (Wildman–Crippen MR) is 80.1 cm³/mol. The second-order valence-corrected chi connectivity index (χ2v) is 5.60. The van der Waals surface area contributed by atoms with E-state index in [1.165, 1.54) is 5.56 Å². The molecule has 0 bridgehead atoms. The van der Waals surface area contributed by atoms with Crippen molar-refractivity contribution in [3.8, 4) is 5.75 Å². The number of hydrogen-bond donors (Lipinski definition) is 2. The number of carbonyl (C=O) groups is 1. The molecule has 5 heteroatoms. The molecule has 3 N–H and O–H groups in total. The molecular weight excluding hydrogens is 276 g/mol. The number of ether oxygens (including phenoxy) is 1. The molecule has 0 radical (unpaired) electrons. The van der Waals surface area contributed by atoms with Crippen LogP contribution in [0.1, 0.15) is 24.8 Å². The topological polar surface area (TPSA) is 64.4 Å². The Hall–Kier alpha value is -1.26. The van der Waals surface area contributed by atoms with E-state index in [0.29, 0.717) is 6.61 Å². The molecular formula is C15H21ClN2O2. The molecule has 1 amide bonds. The van der Waals surface area contributed by atoms with Crippen LogP contribution in [0.2, 0.25) is 0 Å². The standard InChI is InChI=1S/C15H20N2O2.ClH/c16-12-6-5-11(7-12)15(18)17-13-8-10-3-1-2-4-14(10)19-9-13;/h1-4,11-13H,5-9,16H2,(H,17,18);1H. The first-order valence-electron chi connectivity index (χ1n) is 6.99. The van der Waals surface area contributed by atoms with Gasteiger partial charge in [-0.3, -0.25) is 4.79 Å². The van der Waals surface area contributed by atoms with Crippen molar-refractivity contribution >= 4 is 18.3 Å². The number of carbonyl (C=O) groups excluding carboxylic acids is 1. The molecule has 4 nitrogen and oxygen atoms in total. The summed E-state index contributed by atoms with van der Waals surface area (Å²) in [4.78, 5) is 12.1. The van der Waals surface area contributed by atoms with Gasteiger partial charge in [0.1, 0.15) is 12.4 Å². The summed E-state index contributed by atoms with van der Waals surface area (Å²) in [7, 11) is 0. The molecule has 1 fully saturated rings. The van der Waals surface area contributed by atoms with Gasteiger partial charge < -0.3 is 15.8 Å². The fourth-order valence-electron chi connectivity index (χ4n) is 2.99. The minimum Gasteiger partial charge on any atom is -0.491 e. The lowest BCUT2D eigenvalue weighted by molar-refractivity contribution is -0.125. The number of fused-ring (bicyclic) bond motifs is 1. The summed E-state index contributed by atoms with van der Waals surface area (Å²) >= 11 is 0. The second-order valence-electron chi connectivity index (χ2n) is 5.60. The summed E-state index contributed by atoms with van der Waals surface area (Å²) in [5.74, 6) is 1.17. The fraction of sp³-hybridized carbons (Fsp3) is 0.533. The van der Waals surface area contributed by atoms with Crippen LogP contribution in [0.4, 0.5) is 0 Å². The average Bonchev–Trinajstić information content (AvgIpc) is 2.85. The van der Waals surface area contributed by atoms with E-state index in [1.54, 1.807) is 0 Å². The van der Waals surface area contributed by atoms with Crippen LogP contribution < -0.4 is 15.8 Å². The monoisotopic (exact) mass is 296 g/mol. The molecule has 1 aliphatic carbocycles. The smallest absolute Gasteiger partial charge is 0.223 e. The van der Waals surface area contributed by atoms with Gasteiger partial charge in [-0.15, -0.1) is 12.4 Å². The van der Waals surface area contributed by atoms with E-state index in [-0.39, 0.29) is 36.3 Å². The zero-order valence-corrected chi connectivity index (χ0v) is 12.2. The Bertz CT molecular complexity index is 481. The first-order chi connectivity index (χ1) is 9.22. The van der Waals surface area contributed by atoms with Crippen molar-refractivity contribution < 1.29 is 9.53 Å². The number of para-hydroxylation sites is 1. The maximum Gasteiger partial charge on any atom is 0.223 e. The van der Waals surface area contributed by atoms with E-state index in [1.807, 2.05) is 18.2 Å². The zero-order chi connectivity index (χ0) is 13.2. The highest BCUT2D eigenvalue weighted by atomic mass is 35.5. The van der Waals surface area contributed by atoms with Crippen LogP contribution in [0.15, 0.2) is 24.3 Å². The normalized spacial score (nSPS) is 27.9. The third kappa shape index (κ3) is 3.25. The van der Waals surface area contributed by atoms with Crippen molar-refractivity contribution in [3.63, 3.8) is 0 Å². The summed E-state index contributed by atoms with van der Waals surface area (Å²) < 4.78 is 5.68. The first kappa shape index (κ1) is 15.1. The second kappa shape index (κ2) is 6.46. The molecule has 20 heavy (non-hydrogen) atoms. The molecule has 1 aromatic rings. The van der Waals surface area contributed by atoms with Crippen LogP contribution in [-0.4, -0.2) is 24.6 Å². The molecule has 2 aliphatic rings. The third-order valence-electron chi connectivity index (χ3n) is 4.07. The van der Waals surface area contributed by atoms with Gasteiger partial charge in [-0.25, -0.2) is 0 Å². The highest BCUT2D eigenvalue weighted by Gasteiger charge is 2.30. The Morgan fingerprint density at radius 1 is 1.30 bits per heavy atom. The van der Waals surface area contributed by atoms with Gasteiger partial charge in [-0.05, 0) is 37.3 Å². The van der Waals surface area contributed by atoms with Crippen molar-refractivity contribution in [1.29, 1.82) is 0 Å². The Morgan fingerprint density at radius 2 is 2.10 bits per heavy atom. The molecule has 1 aliphatic heterocycles. The van der Waals surface area contributed by atoms with Crippen molar-refractivity contribution in [1.82, 2.24) is 5.32 Å². The number of hydrogen-bond acceptors (Lipinski definition) is 3. The highest BCUT2D eigenvalue weighted by Crippen LogP contribution is 2.26. The van der Waals surface area contributed by atoms with Crippen LogP contribution in [0.5, 0.6) is 5.75 Å². The Kier molecular flexibility index (Phi) is 4.89. The molecule has 3 rings (SSSR count). The Labute approximate surface area is 125 Å². The van der Waals surface area contributed by atoms with Gasteiger partial charge >= 0.3 is 0 Å². The van der Waals surface area contributed by atoms with Gasteiger partial charge in [0.05, 0.1) is 6.04 Å². The van der Waals surface area contributed by atoms with Gasteiger partial charge in [0, 0.05) is 12.0 Å². The van der Waals surface area contributed by atoms with Crippen LogP contribution in [-0.2, 0) is 11.2 Å². The van der Waals surface area contributed by atoms with Crippen LogP contribution in [0.25, 0.3) is 0 Å². The number of rotatable bonds is 2. The molecule has 0 saturated heterocycles. The van der Waals surface area contributed by atoms with Gasteiger partial charge in [0.15, 0.2) is 0 Å². The van der Waals surface area contributed by atoms with Crippen molar-refractivity contribution in [2.24, 2.45) is 11.7 Å². The summed E-state index contributed by atoms with van der Waals surface area (Å²) in [5, 5.41) is 3.10. The SMILES string of the molecule is Cl.NC1CCC(C(=O)NC2COc3ccccc3C2)C1. The van der Waals surface area contributed by atoms with E-state index in [9.17, 15) is 4.79 Å². The number of nitrogens with one attached hydrogen (secondary N) is 1. The summed E-state index contributed by atoms with van der Waals surface area (Å²) in [5.41, 5.74) is 7.02. The van der Waals surface area contributed by atoms with Gasteiger partial charge in [0.25, 0.3) is 0 Å². The summed E-state index contributed by atoms with van der Waals surface area (Å²) in [6, 6.07) is 8.28. The lowest BCUT2D eigenvalue weighted by atomic mass is 10.0. The van der Waals surface area contributed by atoms with Gasteiger partial charge in [0.2, 0.25) is 5.91 Å². The van der Waals surface area contributed by atoms with Crippen molar-refractivity contribution in [3.05, 3.63) is 29.8 Å². The predicted octanol–water partition coefficient (Wildman–Crippen LogP) is 1.66. The van der Waals surface area contributed by atoms with E-state index in [0.717, 1.165) is 31.4 Å². The number of nitrogens with two attached hydrogens (primary N) is 1. The van der Waals surface area contributed by atoms with Crippen LogP contribution >= 0.6 is 12.4 Å². The molecule has 3 atom stereocenters. The maximum atomic E-state index is 12.1. The van der Waals surface area contributed by atoms with E-state index in [4.69, 9.17) is 10.5 Å². The molecule has 3 unspecified atom stereocenters. The zero-order valence-electron chi connectivity index (χ0n) is 11.4. The molecule has 0 aromatic heterocycles. The molecule has 1 saturated carbocycles. The minimum atomic E-state index is 0. The van der Waals surface area contributed by atoms with Crippen molar-refractivity contribution in [2.45, 2.75) is 37.8 Å². The number of amides is 1. The van der Waals surface area contributed by atoms with Gasteiger partial charge in [-0.1, -0.05) is 18.2 Å². The molecule has 110 valence electrons. The van der Waals surface area contributed by atoms with Crippen LogP contribution in [0, 0.1) is 5.92 Å². The maximum absolute atomic E-state index is 12.1. The quantitative estimate of drug-likeness (QED) is 0.872. The Morgan fingerprint density at radius 3 is 2.85 bits per heavy atom. The third-order valence-corrected chi connectivity index (χ3v) is 4.07.